The first-order valence-corrected chi connectivity index (χ1v) is 11.3. The number of benzene rings is 1. The molecule has 2 unspecified atom stereocenters. The van der Waals surface area contributed by atoms with Crippen molar-refractivity contribution < 1.29 is 9.15 Å². The van der Waals surface area contributed by atoms with Gasteiger partial charge in [0.05, 0.1) is 25.1 Å². The largest absolute Gasteiger partial charge is 0.441 e. The minimum absolute atomic E-state index is 0.589. The number of morpholine rings is 1. The number of hydrogen-bond acceptors (Lipinski definition) is 8. The van der Waals surface area contributed by atoms with Crippen LogP contribution in [0.4, 0.5) is 5.82 Å². The van der Waals surface area contributed by atoms with E-state index < -0.39 is 0 Å². The van der Waals surface area contributed by atoms with E-state index in [0.717, 1.165) is 60.0 Å². The third-order valence-electron chi connectivity index (χ3n) is 7.09. The van der Waals surface area contributed by atoms with Crippen LogP contribution in [0.5, 0.6) is 0 Å². The smallest absolute Gasteiger partial charge is 0.192 e. The van der Waals surface area contributed by atoms with Gasteiger partial charge < -0.3 is 14.1 Å². The summed E-state index contributed by atoms with van der Waals surface area (Å²) >= 11 is 0. The lowest BCUT2D eigenvalue weighted by Gasteiger charge is -2.50. The van der Waals surface area contributed by atoms with Crippen LogP contribution >= 0.6 is 0 Å². The number of oxazole rings is 1. The van der Waals surface area contributed by atoms with Crippen molar-refractivity contribution in [2.24, 2.45) is 0 Å². The van der Waals surface area contributed by atoms with Crippen LogP contribution in [0.3, 0.4) is 0 Å². The number of hydrogen-bond donors (Lipinski definition) is 0. The molecule has 32 heavy (non-hydrogen) atoms. The summed E-state index contributed by atoms with van der Waals surface area (Å²) in [6.45, 7) is 5.61. The van der Waals surface area contributed by atoms with Gasteiger partial charge in [-0.1, -0.05) is 0 Å². The van der Waals surface area contributed by atoms with Crippen molar-refractivity contribution in [3.8, 4) is 11.3 Å². The van der Waals surface area contributed by atoms with Crippen molar-refractivity contribution in [3.05, 3.63) is 42.4 Å². The summed E-state index contributed by atoms with van der Waals surface area (Å²) in [5, 5.41) is 0. The Kier molecular flexibility index (Phi) is 4.01. The van der Waals surface area contributed by atoms with E-state index in [-0.39, 0.29) is 0 Å². The van der Waals surface area contributed by atoms with Crippen molar-refractivity contribution in [2.45, 2.75) is 37.9 Å². The molecule has 2 bridgehead atoms. The Labute approximate surface area is 185 Å². The highest BCUT2D eigenvalue weighted by Crippen LogP contribution is 2.35. The third kappa shape index (κ3) is 2.90. The number of nitrogens with zero attached hydrogens (tertiary/aromatic N) is 6. The summed E-state index contributed by atoms with van der Waals surface area (Å²) in [6, 6.07) is 11.7. The predicted octanol–water partition coefficient (Wildman–Crippen LogP) is 3.19. The monoisotopic (exact) mass is 428 g/mol. The van der Waals surface area contributed by atoms with Gasteiger partial charge in [0, 0.05) is 43.7 Å². The van der Waals surface area contributed by atoms with E-state index in [1.807, 2.05) is 43.5 Å². The van der Waals surface area contributed by atoms with Crippen LogP contribution < -0.4 is 4.90 Å². The second kappa shape index (κ2) is 6.95. The highest BCUT2D eigenvalue weighted by atomic mass is 16.5. The summed E-state index contributed by atoms with van der Waals surface area (Å²) in [4.78, 5) is 23.7. The molecule has 0 saturated carbocycles. The Morgan fingerprint density at radius 2 is 1.75 bits per heavy atom. The summed E-state index contributed by atoms with van der Waals surface area (Å²) < 4.78 is 11.3. The van der Waals surface area contributed by atoms with E-state index in [9.17, 15) is 0 Å². The number of aromatic nitrogens is 4. The molecule has 0 aliphatic carbocycles. The summed E-state index contributed by atoms with van der Waals surface area (Å²) in [5.41, 5.74) is 4.95. The van der Waals surface area contributed by atoms with Gasteiger partial charge in [-0.25, -0.2) is 19.9 Å². The average Bonchev–Trinajstić information content (AvgIpc) is 3.25. The first kappa shape index (κ1) is 18.5. The fourth-order valence-corrected chi connectivity index (χ4v) is 5.49. The lowest BCUT2D eigenvalue weighted by atomic mass is 10.0. The Morgan fingerprint density at radius 1 is 0.906 bits per heavy atom. The SMILES string of the molecule is Cc1nc2cc(-c3ccc4ncc(N5CC(N6C7CCC6COC7)C5)nc4n3)ccc2o1. The molecule has 0 spiro atoms. The highest BCUT2D eigenvalue weighted by molar-refractivity contribution is 5.82. The van der Waals surface area contributed by atoms with Gasteiger partial charge >= 0.3 is 0 Å². The van der Waals surface area contributed by atoms with Gasteiger partial charge in [0.2, 0.25) is 0 Å². The van der Waals surface area contributed by atoms with Gasteiger partial charge in [0.25, 0.3) is 0 Å². The molecule has 162 valence electrons. The van der Waals surface area contributed by atoms with E-state index >= 15 is 0 Å². The molecule has 3 aromatic heterocycles. The second-order valence-electron chi connectivity index (χ2n) is 9.11. The minimum atomic E-state index is 0.589. The molecule has 3 saturated heterocycles. The molecule has 3 aliphatic heterocycles. The van der Waals surface area contributed by atoms with E-state index in [4.69, 9.17) is 19.1 Å². The molecular formula is C24H24N6O2. The maximum Gasteiger partial charge on any atom is 0.192 e. The van der Waals surface area contributed by atoms with Crippen LogP contribution in [0, 0.1) is 6.92 Å². The van der Waals surface area contributed by atoms with Crippen LogP contribution in [0.25, 0.3) is 33.5 Å². The van der Waals surface area contributed by atoms with Gasteiger partial charge in [-0.05, 0) is 43.2 Å². The van der Waals surface area contributed by atoms with Crippen LogP contribution in [-0.2, 0) is 4.74 Å². The van der Waals surface area contributed by atoms with Gasteiger partial charge in [-0.3, -0.25) is 4.90 Å². The molecule has 2 atom stereocenters. The first-order valence-electron chi connectivity index (χ1n) is 11.3. The van der Waals surface area contributed by atoms with Gasteiger partial charge in [0.1, 0.15) is 16.9 Å². The Balaban J connectivity index is 1.15. The maximum atomic E-state index is 5.74. The van der Waals surface area contributed by atoms with E-state index in [0.29, 0.717) is 29.7 Å². The van der Waals surface area contributed by atoms with E-state index in [1.165, 1.54) is 12.8 Å². The number of rotatable bonds is 3. The normalized spacial score (nSPS) is 23.8. The number of pyridine rings is 1. The van der Waals surface area contributed by atoms with Crippen LogP contribution in [0.1, 0.15) is 18.7 Å². The molecule has 8 nitrogen and oxygen atoms in total. The molecule has 1 aromatic carbocycles. The zero-order valence-electron chi connectivity index (χ0n) is 17.9. The van der Waals surface area contributed by atoms with Gasteiger partial charge in [-0.2, -0.15) is 0 Å². The zero-order valence-corrected chi connectivity index (χ0v) is 17.9. The molecule has 8 heteroatoms. The van der Waals surface area contributed by atoms with Crippen molar-refractivity contribution in [2.75, 3.05) is 31.2 Å². The van der Waals surface area contributed by atoms with Crippen molar-refractivity contribution >= 4 is 28.1 Å². The Hall–Kier alpha value is -3.10. The maximum absolute atomic E-state index is 5.74. The average molecular weight is 428 g/mol. The van der Waals surface area contributed by atoms with Crippen LogP contribution in [0.2, 0.25) is 0 Å². The van der Waals surface area contributed by atoms with E-state index in [2.05, 4.69) is 19.8 Å². The highest BCUT2D eigenvalue weighted by Gasteiger charge is 2.45. The Morgan fingerprint density at radius 3 is 2.59 bits per heavy atom. The fourth-order valence-electron chi connectivity index (χ4n) is 5.49. The molecule has 4 aromatic rings. The molecule has 6 heterocycles. The minimum Gasteiger partial charge on any atom is -0.441 e. The molecule has 0 N–H and O–H groups in total. The lowest BCUT2D eigenvalue weighted by Crippen LogP contribution is -2.65. The fraction of sp³-hybridized carbons (Fsp3) is 0.417. The standard InChI is InChI=1S/C24H24N6O2/c1-14-26-21-8-15(2-7-22(21)32-14)19-5-6-20-24(27-19)28-23(9-25-20)29-10-18(11-29)30-16-3-4-17(30)13-31-12-16/h2,5-9,16-18H,3-4,10-13H2,1H3. The topological polar surface area (TPSA) is 80.4 Å². The van der Waals surface area contributed by atoms with Crippen molar-refractivity contribution in [1.29, 1.82) is 0 Å². The van der Waals surface area contributed by atoms with E-state index in [1.54, 1.807) is 0 Å². The third-order valence-corrected chi connectivity index (χ3v) is 7.09. The van der Waals surface area contributed by atoms with Crippen LogP contribution in [0.15, 0.2) is 40.9 Å². The van der Waals surface area contributed by atoms with Gasteiger partial charge in [0.15, 0.2) is 17.1 Å². The molecular weight excluding hydrogens is 404 g/mol. The zero-order chi connectivity index (χ0) is 21.2. The van der Waals surface area contributed by atoms with Crippen LogP contribution in [-0.4, -0.2) is 69.3 Å². The lowest BCUT2D eigenvalue weighted by molar-refractivity contribution is -0.0417. The Bertz CT molecular complexity index is 1310. The number of aryl methyl sites for hydroxylation is 1. The molecule has 0 amide bonds. The van der Waals surface area contributed by atoms with Crippen molar-refractivity contribution in [1.82, 2.24) is 24.8 Å². The second-order valence-corrected chi connectivity index (χ2v) is 9.11. The molecule has 3 fully saturated rings. The summed E-state index contributed by atoms with van der Waals surface area (Å²) in [6.07, 6.45) is 4.41. The molecule has 3 aliphatic rings. The molecule has 7 rings (SSSR count). The number of fused-ring (bicyclic) bond motifs is 4. The summed E-state index contributed by atoms with van der Waals surface area (Å²) in [7, 11) is 0. The number of anilines is 1. The van der Waals surface area contributed by atoms with Crippen molar-refractivity contribution in [3.63, 3.8) is 0 Å². The molecule has 0 radical (unpaired) electrons. The number of ether oxygens (including phenoxy) is 1. The first-order chi connectivity index (χ1) is 15.7. The van der Waals surface area contributed by atoms with Gasteiger partial charge in [-0.15, -0.1) is 0 Å². The summed E-state index contributed by atoms with van der Waals surface area (Å²) in [5.74, 6) is 1.57. The quantitative estimate of drug-likeness (QED) is 0.492. The predicted molar refractivity (Wildman–Crippen MR) is 121 cm³/mol.